The number of esters is 1. The fourth-order valence-corrected chi connectivity index (χ4v) is 3.78. The van der Waals surface area contributed by atoms with Crippen LogP contribution >= 0.6 is 0 Å². The second-order valence-electron chi connectivity index (χ2n) is 7.10. The number of benzene rings is 1. The lowest BCUT2D eigenvalue weighted by Crippen LogP contribution is -2.42. The molecule has 5 heteroatoms. The number of likely N-dealkylation sites (tertiary alicyclic amines) is 1. The molecule has 1 aromatic rings. The van der Waals surface area contributed by atoms with Gasteiger partial charge in [0, 0.05) is 44.2 Å². The van der Waals surface area contributed by atoms with Gasteiger partial charge < -0.3 is 14.5 Å². The largest absolute Gasteiger partial charge is 0.465 e. The predicted octanol–water partition coefficient (Wildman–Crippen LogP) is 2.70. The van der Waals surface area contributed by atoms with Crippen molar-refractivity contribution in [3.05, 3.63) is 30.3 Å². The standard InChI is InChI=1S/C20H28N2O3/c1-2-19(23)22-11-6-7-17(14-22)20(24)25-15-16-10-12-21(13-16)18-8-4-3-5-9-18/h3-5,8-9,16-17H,2,6-7,10-15H2,1H3/t16-,17+/m0/s1. The Labute approximate surface area is 149 Å². The second kappa shape index (κ2) is 8.37. The molecule has 0 N–H and O–H groups in total. The Bertz CT molecular complexity index is 590. The van der Waals surface area contributed by atoms with Gasteiger partial charge in [-0.2, -0.15) is 0 Å². The lowest BCUT2D eigenvalue weighted by molar-refractivity contribution is -0.152. The van der Waals surface area contributed by atoms with E-state index in [1.807, 2.05) is 17.9 Å². The topological polar surface area (TPSA) is 49.9 Å². The summed E-state index contributed by atoms with van der Waals surface area (Å²) in [6, 6.07) is 10.4. The highest BCUT2D eigenvalue weighted by molar-refractivity contribution is 5.78. The van der Waals surface area contributed by atoms with Gasteiger partial charge >= 0.3 is 5.97 Å². The van der Waals surface area contributed by atoms with E-state index in [2.05, 4.69) is 29.2 Å². The summed E-state index contributed by atoms with van der Waals surface area (Å²) < 4.78 is 5.61. The molecule has 0 unspecified atom stereocenters. The molecule has 2 atom stereocenters. The van der Waals surface area contributed by atoms with Crippen LogP contribution in [0.5, 0.6) is 0 Å². The Morgan fingerprint density at radius 1 is 1.12 bits per heavy atom. The van der Waals surface area contributed by atoms with Crippen LogP contribution in [0.4, 0.5) is 5.69 Å². The zero-order chi connectivity index (χ0) is 17.6. The van der Waals surface area contributed by atoms with Crippen LogP contribution in [-0.2, 0) is 14.3 Å². The number of carbonyl (C=O) groups excluding carboxylic acids is 2. The number of carbonyl (C=O) groups is 2. The molecule has 0 spiro atoms. The van der Waals surface area contributed by atoms with Gasteiger partial charge in [0.1, 0.15) is 0 Å². The first-order valence-electron chi connectivity index (χ1n) is 9.41. The van der Waals surface area contributed by atoms with E-state index in [1.165, 1.54) is 5.69 Å². The fraction of sp³-hybridized carbons (Fsp3) is 0.600. The van der Waals surface area contributed by atoms with Crippen LogP contribution < -0.4 is 4.90 Å². The normalized spacial score (nSPS) is 23.6. The Kier molecular flexibility index (Phi) is 5.95. The maximum Gasteiger partial charge on any atom is 0.310 e. The van der Waals surface area contributed by atoms with E-state index in [-0.39, 0.29) is 17.8 Å². The Hall–Kier alpha value is -2.04. The minimum Gasteiger partial charge on any atom is -0.465 e. The van der Waals surface area contributed by atoms with E-state index < -0.39 is 0 Å². The first kappa shape index (κ1) is 17.8. The minimum absolute atomic E-state index is 0.131. The Morgan fingerprint density at radius 2 is 1.92 bits per heavy atom. The van der Waals surface area contributed by atoms with Crippen molar-refractivity contribution >= 4 is 17.6 Å². The first-order valence-corrected chi connectivity index (χ1v) is 9.41. The molecule has 0 aromatic heterocycles. The number of amides is 1. The van der Waals surface area contributed by atoms with Gasteiger partial charge in [-0.3, -0.25) is 9.59 Å². The molecule has 2 saturated heterocycles. The summed E-state index contributed by atoms with van der Waals surface area (Å²) in [5.41, 5.74) is 1.23. The molecule has 25 heavy (non-hydrogen) atoms. The fourth-order valence-electron chi connectivity index (χ4n) is 3.78. The van der Waals surface area contributed by atoms with Gasteiger partial charge in [-0.25, -0.2) is 0 Å². The first-order chi connectivity index (χ1) is 12.2. The van der Waals surface area contributed by atoms with Gasteiger partial charge in [0.25, 0.3) is 0 Å². The zero-order valence-corrected chi connectivity index (χ0v) is 15.0. The van der Waals surface area contributed by atoms with E-state index in [0.717, 1.165) is 38.9 Å². The Morgan fingerprint density at radius 3 is 2.68 bits per heavy atom. The van der Waals surface area contributed by atoms with E-state index in [4.69, 9.17) is 4.74 Å². The number of ether oxygens (including phenoxy) is 1. The molecule has 2 aliphatic heterocycles. The van der Waals surface area contributed by atoms with Gasteiger partial charge in [0.05, 0.1) is 12.5 Å². The van der Waals surface area contributed by atoms with Crippen LogP contribution in [0.25, 0.3) is 0 Å². The third kappa shape index (κ3) is 4.53. The minimum atomic E-state index is -0.157. The lowest BCUT2D eigenvalue weighted by Gasteiger charge is -2.31. The quantitative estimate of drug-likeness (QED) is 0.771. The molecule has 1 amide bonds. The monoisotopic (exact) mass is 344 g/mol. The maximum atomic E-state index is 12.4. The van der Waals surface area contributed by atoms with Crippen molar-refractivity contribution < 1.29 is 14.3 Å². The molecule has 2 aliphatic rings. The van der Waals surface area contributed by atoms with Crippen molar-refractivity contribution in [3.8, 4) is 0 Å². The highest BCUT2D eigenvalue weighted by Gasteiger charge is 2.30. The molecule has 5 nitrogen and oxygen atoms in total. The number of hydrogen-bond donors (Lipinski definition) is 0. The average molecular weight is 344 g/mol. The number of nitrogens with zero attached hydrogens (tertiary/aromatic N) is 2. The molecule has 0 radical (unpaired) electrons. The Balaban J connectivity index is 1.44. The highest BCUT2D eigenvalue weighted by Crippen LogP contribution is 2.24. The molecule has 3 rings (SSSR count). The van der Waals surface area contributed by atoms with Crippen LogP contribution in [0.2, 0.25) is 0 Å². The van der Waals surface area contributed by atoms with Crippen LogP contribution in [0.1, 0.15) is 32.6 Å². The summed E-state index contributed by atoms with van der Waals surface area (Å²) in [5, 5.41) is 0. The molecule has 2 fully saturated rings. The van der Waals surface area contributed by atoms with Crippen LogP contribution in [0.3, 0.4) is 0 Å². The molecular formula is C20H28N2O3. The summed E-state index contributed by atoms with van der Waals surface area (Å²) in [6.45, 7) is 5.58. The molecule has 2 heterocycles. The summed E-state index contributed by atoms with van der Waals surface area (Å²) >= 11 is 0. The van der Waals surface area contributed by atoms with E-state index in [1.54, 1.807) is 0 Å². The number of hydrogen-bond acceptors (Lipinski definition) is 4. The molecule has 1 aromatic carbocycles. The highest BCUT2D eigenvalue weighted by atomic mass is 16.5. The lowest BCUT2D eigenvalue weighted by atomic mass is 9.98. The number of para-hydroxylation sites is 1. The van der Waals surface area contributed by atoms with Crippen molar-refractivity contribution in [1.82, 2.24) is 4.90 Å². The summed E-state index contributed by atoms with van der Waals surface area (Å²) in [7, 11) is 0. The third-order valence-corrected chi connectivity index (χ3v) is 5.28. The van der Waals surface area contributed by atoms with Crippen LogP contribution in [-0.4, -0.2) is 49.6 Å². The molecule has 0 bridgehead atoms. The summed E-state index contributed by atoms with van der Waals surface area (Å²) in [6.07, 6.45) is 3.26. The predicted molar refractivity (Wildman–Crippen MR) is 97.3 cm³/mol. The molecule has 0 saturated carbocycles. The van der Waals surface area contributed by atoms with E-state index >= 15 is 0 Å². The smallest absolute Gasteiger partial charge is 0.310 e. The van der Waals surface area contributed by atoms with Gasteiger partial charge in [0.2, 0.25) is 5.91 Å². The third-order valence-electron chi connectivity index (χ3n) is 5.28. The van der Waals surface area contributed by atoms with Gasteiger partial charge in [0.15, 0.2) is 0 Å². The average Bonchev–Trinajstić information content (AvgIpc) is 3.15. The number of piperidine rings is 1. The van der Waals surface area contributed by atoms with Crippen LogP contribution in [0.15, 0.2) is 30.3 Å². The maximum absolute atomic E-state index is 12.4. The number of anilines is 1. The van der Waals surface area contributed by atoms with Gasteiger partial charge in [-0.05, 0) is 31.4 Å². The van der Waals surface area contributed by atoms with Crippen molar-refractivity contribution in [2.75, 3.05) is 37.7 Å². The van der Waals surface area contributed by atoms with E-state index in [0.29, 0.717) is 25.5 Å². The second-order valence-corrected chi connectivity index (χ2v) is 7.10. The van der Waals surface area contributed by atoms with Crippen molar-refractivity contribution in [2.24, 2.45) is 11.8 Å². The zero-order valence-electron chi connectivity index (χ0n) is 15.0. The van der Waals surface area contributed by atoms with E-state index in [9.17, 15) is 9.59 Å². The van der Waals surface area contributed by atoms with Crippen molar-refractivity contribution in [2.45, 2.75) is 32.6 Å². The SMILES string of the molecule is CCC(=O)N1CCC[C@@H](C(=O)OC[C@H]2CCN(c3ccccc3)C2)C1. The van der Waals surface area contributed by atoms with Crippen molar-refractivity contribution in [3.63, 3.8) is 0 Å². The summed E-state index contributed by atoms with van der Waals surface area (Å²) in [5.74, 6) is 0.232. The molecule has 136 valence electrons. The summed E-state index contributed by atoms with van der Waals surface area (Å²) in [4.78, 5) is 28.4. The molecule has 0 aliphatic carbocycles. The van der Waals surface area contributed by atoms with Crippen molar-refractivity contribution in [1.29, 1.82) is 0 Å². The number of rotatable bonds is 5. The van der Waals surface area contributed by atoms with Gasteiger partial charge in [-0.1, -0.05) is 25.1 Å². The van der Waals surface area contributed by atoms with Gasteiger partial charge in [-0.15, -0.1) is 0 Å². The van der Waals surface area contributed by atoms with Crippen LogP contribution in [0, 0.1) is 11.8 Å². The molecular weight excluding hydrogens is 316 g/mol.